The third kappa shape index (κ3) is 4.56. The zero-order chi connectivity index (χ0) is 15.5. The van der Waals surface area contributed by atoms with Crippen molar-refractivity contribution >= 4 is 23.4 Å². The predicted octanol–water partition coefficient (Wildman–Crippen LogP) is 2.57. The van der Waals surface area contributed by atoms with Gasteiger partial charge in [0.1, 0.15) is 5.75 Å². The number of hydrogen-bond donors (Lipinski definition) is 1. The van der Waals surface area contributed by atoms with Gasteiger partial charge in [0.2, 0.25) is 5.91 Å². The first-order valence-corrected chi connectivity index (χ1v) is 8.30. The number of para-hydroxylation sites is 2. The van der Waals surface area contributed by atoms with Crippen molar-refractivity contribution < 1.29 is 9.90 Å². The summed E-state index contributed by atoms with van der Waals surface area (Å²) in [5, 5.41) is 9.89. The Morgan fingerprint density at radius 3 is 2.38 bits per heavy atom. The first-order valence-electron chi connectivity index (χ1n) is 7.31. The van der Waals surface area contributed by atoms with Crippen LogP contribution in [0.4, 0.5) is 5.69 Å². The van der Waals surface area contributed by atoms with Gasteiger partial charge in [-0.15, -0.1) is 11.8 Å². The smallest absolute Gasteiger partial charge is 0.232 e. The molecule has 5 heteroatoms. The molecular formula is C16H24N2O2S. The highest BCUT2D eigenvalue weighted by molar-refractivity contribution is 8.01. The van der Waals surface area contributed by atoms with Gasteiger partial charge < -0.3 is 14.9 Å². The Kier molecular flexibility index (Phi) is 5.04. The largest absolute Gasteiger partial charge is 0.506 e. The van der Waals surface area contributed by atoms with Crippen LogP contribution in [0.25, 0.3) is 0 Å². The molecule has 0 unspecified atom stereocenters. The number of aromatic hydroxyl groups is 1. The molecule has 21 heavy (non-hydrogen) atoms. The van der Waals surface area contributed by atoms with Crippen LogP contribution in [-0.2, 0) is 4.79 Å². The van der Waals surface area contributed by atoms with E-state index in [4.69, 9.17) is 0 Å². The molecule has 1 heterocycles. The molecule has 1 aromatic carbocycles. The number of phenolic OH excluding ortho intramolecular Hbond substituents is 1. The number of rotatable bonds is 3. The maximum atomic E-state index is 12.2. The van der Waals surface area contributed by atoms with E-state index in [1.807, 2.05) is 23.1 Å². The zero-order valence-corrected chi connectivity index (χ0v) is 13.8. The number of nitrogens with zero attached hydrogens (tertiary/aromatic N) is 2. The van der Waals surface area contributed by atoms with Crippen molar-refractivity contribution in [3.63, 3.8) is 0 Å². The van der Waals surface area contributed by atoms with Crippen LogP contribution in [0.15, 0.2) is 24.3 Å². The Balaban J connectivity index is 1.86. The van der Waals surface area contributed by atoms with Gasteiger partial charge in [0.05, 0.1) is 11.4 Å². The van der Waals surface area contributed by atoms with Crippen molar-refractivity contribution in [3.05, 3.63) is 24.3 Å². The number of amides is 1. The molecule has 0 atom stereocenters. The number of anilines is 1. The minimum absolute atomic E-state index is 0.118. The molecule has 1 fully saturated rings. The third-order valence-corrected chi connectivity index (χ3v) is 4.74. The van der Waals surface area contributed by atoms with Crippen LogP contribution in [0.1, 0.15) is 20.8 Å². The van der Waals surface area contributed by atoms with E-state index >= 15 is 0 Å². The van der Waals surface area contributed by atoms with E-state index in [2.05, 4.69) is 25.7 Å². The summed E-state index contributed by atoms with van der Waals surface area (Å²) < 4.78 is 0.118. The van der Waals surface area contributed by atoms with Crippen LogP contribution >= 0.6 is 11.8 Å². The minimum atomic E-state index is 0.118. The second-order valence-electron chi connectivity index (χ2n) is 6.26. The van der Waals surface area contributed by atoms with Gasteiger partial charge in [0, 0.05) is 30.9 Å². The quantitative estimate of drug-likeness (QED) is 0.932. The average Bonchev–Trinajstić information content (AvgIpc) is 2.45. The molecule has 0 spiro atoms. The maximum Gasteiger partial charge on any atom is 0.232 e. The second kappa shape index (κ2) is 6.60. The van der Waals surface area contributed by atoms with Crippen molar-refractivity contribution in [1.29, 1.82) is 0 Å². The topological polar surface area (TPSA) is 43.8 Å². The highest BCUT2D eigenvalue weighted by atomic mass is 32.2. The zero-order valence-electron chi connectivity index (χ0n) is 13.0. The van der Waals surface area contributed by atoms with Gasteiger partial charge >= 0.3 is 0 Å². The molecule has 1 aliphatic rings. The Bertz CT molecular complexity index is 491. The fraction of sp³-hybridized carbons (Fsp3) is 0.562. The van der Waals surface area contributed by atoms with Crippen molar-refractivity contribution in [2.24, 2.45) is 0 Å². The average molecular weight is 308 g/mol. The van der Waals surface area contributed by atoms with Crippen molar-refractivity contribution in [1.82, 2.24) is 4.90 Å². The van der Waals surface area contributed by atoms with E-state index in [1.54, 1.807) is 17.8 Å². The molecule has 0 aliphatic carbocycles. The normalized spacial score (nSPS) is 16.1. The van der Waals surface area contributed by atoms with Crippen molar-refractivity contribution in [2.75, 3.05) is 36.8 Å². The standard InChI is InChI=1S/C16H24N2O2S/c1-16(2,3)21-12-15(20)18-10-8-17(9-11-18)13-6-4-5-7-14(13)19/h4-7,19H,8-12H2,1-3H3. The van der Waals surface area contributed by atoms with Crippen LogP contribution in [0.3, 0.4) is 0 Å². The molecule has 1 aromatic rings. The van der Waals surface area contributed by atoms with E-state index in [1.165, 1.54) is 0 Å². The molecule has 0 aromatic heterocycles. The SMILES string of the molecule is CC(C)(C)SCC(=O)N1CCN(c2ccccc2O)CC1. The van der Waals surface area contributed by atoms with Crippen molar-refractivity contribution in [3.8, 4) is 5.75 Å². The summed E-state index contributed by atoms with van der Waals surface area (Å²) in [6.07, 6.45) is 0. The lowest BCUT2D eigenvalue weighted by Gasteiger charge is -2.36. The third-order valence-electron chi connectivity index (χ3n) is 3.48. The van der Waals surface area contributed by atoms with Gasteiger partial charge in [-0.3, -0.25) is 4.79 Å². The molecule has 2 rings (SSSR count). The van der Waals surface area contributed by atoms with Gasteiger partial charge in [0.25, 0.3) is 0 Å². The van der Waals surface area contributed by atoms with E-state index in [0.29, 0.717) is 11.5 Å². The highest BCUT2D eigenvalue weighted by Gasteiger charge is 2.23. The number of carbonyl (C=O) groups excluding carboxylic acids is 1. The number of thioether (sulfide) groups is 1. The van der Waals surface area contributed by atoms with Gasteiger partial charge in [-0.2, -0.15) is 0 Å². The highest BCUT2D eigenvalue weighted by Crippen LogP contribution is 2.27. The van der Waals surface area contributed by atoms with Gasteiger partial charge in [-0.1, -0.05) is 32.9 Å². The first-order chi connectivity index (χ1) is 9.87. The number of phenols is 1. The van der Waals surface area contributed by atoms with Gasteiger partial charge in [-0.05, 0) is 12.1 Å². The lowest BCUT2D eigenvalue weighted by molar-refractivity contribution is -0.128. The Morgan fingerprint density at radius 2 is 1.81 bits per heavy atom. The first kappa shape index (κ1) is 16.0. The van der Waals surface area contributed by atoms with Crippen LogP contribution < -0.4 is 4.90 Å². The Morgan fingerprint density at radius 1 is 1.19 bits per heavy atom. The lowest BCUT2D eigenvalue weighted by Crippen LogP contribution is -2.49. The van der Waals surface area contributed by atoms with E-state index in [0.717, 1.165) is 31.9 Å². The Hall–Kier alpha value is -1.36. The number of hydrogen-bond acceptors (Lipinski definition) is 4. The fourth-order valence-corrected chi connectivity index (χ4v) is 3.04. The van der Waals surface area contributed by atoms with E-state index in [-0.39, 0.29) is 10.7 Å². The molecule has 0 bridgehead atoms. The molecular weight excluding hydrogens is 284 g/mol. The summed E-state index contributed by atoms with van der Waals surface area (Å²) in [6, 6.07) is 7.37. The molecule has 116 valence electrons. The number of carbonyl (C=O) groups is 1. The summed E-state index contributed by atoms with van der Waals surface area (Å²) in [7, 11) is 0. The summed E-state index contributed by atoms with van der Waals surface area (Å²) in [5.74, 6) is 1.06. The second-order valence-corrected chi connectivity index (χ2v) is 8.06. The molecule has 4 nitrogen and oxygen atoms in total. The monoisotopic (exact) mass is 308 g/mol. The lowest BCUT2D eigenvalue weighted by atomic mass is 10.2. The van der Waals surface area contributed by atoms with E-state index < -0.39 is 0 Å². The molecule has 0 radical (unpaired) electrons. The van der Waals surface area contributed by atoms with Gasteiger partial charge in [-0.25, -0.2) is 0 Å². The van der Waals surface area contributed by atoms with Crippen LogP contribution in [0.2, 0.25) is 0 Å². The minimum Gasteiger partial charge on any atom is -0.506 e. The van der Waals surface area contributed by atoms with Crippen LogP contribution in [-0.4, -0.2) is 52.6 Å². The number of benzene rings is 1. The predicted molar refractivity (Wildman–Crippen MR) is 89.1 cm³/mol. The number of piperazine rings is 1. The fourth-order valence-electron chi connectivity index (χ4n) is 2.30. The summed E-state index contributed by atoms with van der Waals surface area (Å²) in [5.41, 5.74) is 0.855. The van der Waals surface area contributed by atoms with Crippen molar-refractivity contribution in [2.45, 2.75) is 25.5 Å². The molecule has 1 aliphatic heterocycles. The summed E-state index contributed by atoms with van der Waals surface area (Å²) >= 11 is 1.69. The summed E-state index contributed by atoms with van der Waals surface area (Å²) in [6.45, 7) is 9.35. The van der Waals surface area contributed by atoms with Crippen LogP contribution in [0.5, 0.6) is 5.75 Å². The van der Waals surface area contributed by atoms with Gasteiger partial charge in [0.15, 0.2) is 0 Å². The Labute approximate surface area is 131 Å². The molecule has 1 N–H and O–H groups in total. The maximum absolute atomic E-state index is 12.2. The molecule has 0 saturated carbocycles. The molecule has 1 saturated heterocycles. The van der Waals surface area contributed by atoms with Crippen LogP contribution in [0, 0.1) is 0 Å². The summed E-state index contributed by atoms with van der Waals surface area (Å²) in [4.78, 5) is 16.3. The molecule has 1 amide bonds. The van der Waals surface area contributed by atoms with E-state index in [9.17, 15) is 9.90 Å².